The van der Waals surface area contributed by atoms with Crippen LogP contribution in [0.3, 0.4) is 0 Å². The van der Waals surface area contributed by atoms with Crippen molar-refractivity contribution in [2.24, 2.45) is 4.99 Å². The van der Waals surface area contributed by atoms with Gasteiger partial charge in [0.1, 0.15) is 18.0 Å². The fourth-order valence-corrected chi connectivity index (χ4v) is 2.78. The van der Waals surface area contributed by atoms with E-state index in [1.165, 1.54) is 5.56 Å². The van der Waals surface area contributed by atoms with Gasteiger partial charge in [-0.2, -0.15) is 5.01 Å². The average molecular weight is 275 g/mol. The minimum Gasteiger partial charge on any atom is -0.488 e. The van der Waals surface area contributed by atoms with Gasteiger partial charge in [0.2, 0.25) is 0 Å². The molecule has 3 N–H and O–H groups in total. The Bertz CT molecular complexity index is 543. The van der Waals surface area contributed by atoms with Gasteiger partial charge in [-0.3, -0.25) is 0 Å². The summed E-state index contributed by atoms with van der Waals surface area (Å²) < 4.78 is 5.95. The third kappa shape index (κ3) is 2.32. The summed E-state index contributed by atoms with van der Waals surface area (Å²) in [7, 11) is 6.07. The number of fused-ring (bicyclic) bond motifs is 1. The van der Waals surface area contributed by atoms with Crippen LogP contribution < -0.4 is 15.9 Å². The number of anilines is 1. The molecule has 2 heterocycles. The lowest BCUT2D eigenvalue weighted by atomic mass is 10.0. The third-order valence-electron chi connectivity index (χ3n) is 3.70. The normalized spacial score (nSPS) is 24.8. The highest BCUT2D eigenvalue weighted by atomic mass is 16.5. The quantitative estimate of drug-likeness (QED) is 0.791. The molecule has 2 atom stereocenters. The molecule has 0 amide bonds. The van der Waals surface area contributed by atoms with E-state index in [0.717, 1.165) is 30.0 Å². The lowest BCUT2D eigenvalue weighted by Crippen LogP contribution is -2.30. The maximum Gasteiger partial charge on any atom is 0.147 e. The Morgan fingerprint density at radius 2 is 2.30 bits per heavy atom. The molecule has 0 radical (unpaired) electrons. The molecule has 0 fully saturated rings. The van der Waals surface area contributed by atoms with Gasteiger partial charge < -0.3 is 20.8 Å². The maximum atomic E-state index is 6.16. The highest BCUT2D eigenvalue weighted by Gasteiger charge is 2.28. The van der Waals surface area contributed by atoms with Gasteiger partial charge in [0, 0.05) is 37.3 Å². The average Bonchev–Trinajstić information content (AvgIpc) is 2.92. The molecule has 6 nitrogen and oxygen atoms in total. The van der Waals surface area contributed by atoms with Gasteiger partial charge in [-0.25, -0.2) is 4.99 Å². The summed E-state index contributed by atoms with van der Waals surface area (Å²) >= 11 is 0. The van der Waals surface area contributed by atoms with E-state index in [2.05, 4.69) is 35.5 Å². The van der Waals surface area contributed by atoms with Crippen LogP contribution in [-0.2, 0) is 6.42 Å². The van der Waals surface area contributed by atoms with Crippen molar-refractivity contribution >= 4 is 12.0 Å². The fraction of sp³-hybridized carbons (Fsp3) is 0.500. The number of nitrogens with zero attached hydrogens (tertiary/aromatic N) is 3. The Morgan fingerprint density at radius 3 is 2.95 bits per heavy atom. The van der Waals surface area contributed by atoms with Crippen LogP contribution in [-0.4, -0.2) is 50.0 Å². The molecule has 2 unspecified atom stereocenters. The largest absolute Gasteiger partial charge is 0.488 e. The summed E-state index contributed by atoms with van der Waals surface area (Å²) in [6, 6.07) is 4.06. The minimum atomic E-state index is -0.0619. The van der Waals surface area contributed by atoms with E-state index in [1.807, 2.05) is 18.1 Å². The molecule has 1 aromatic rings. The van der Waals surface area contributed by atoms with Gasteiger partial charge in [0.15, 0.2) is 0 Å². The van der Waals surface area contributed by atoms with E-state index < -0.39 is 0 Å². The number of likely N-dealkylation sites (N-methyl/N-ethyl adjacent to an activating group) is 1. The van der Waals surface area contributed by atoms with Crippen LogP contribution in [0.1, 0.15) is 17.3 Å². The van der Waals surface area contributed by atoms with E-state index in [-0.39, 0.29) is 12.3 Å². The first kappa shape index (κ1) is 13.2. The van der Waals surface area contributed by atoms with Crippen LogP contribution in [0.2, 0.25) is 0 Å². The summed E-state index contributed by atoms with van der Waals surface area (Å²) in [4.78, 5) is 6.54. The van der Waals surface area contributed by atoms with Gasteiger partial charge in [-0.1, -0.05) is 0 Å². The monoisotopic (exact) mass is 275 g/mol. The van der Waals surface area contributed by atoms with Crippen molar-refractivity contribution in [3.05, 3.63) is 23.3 Å². The highest BCUT2D eigenvalue weighted by molar-refractivity contribution is 5.61. The zero-order chi connectivity index (χ0) is 14.3. The van der Waals surface area contributed by atoms with Crippen molar-refractivity contribution in [1.29, 1.82) is 0 Å². The lowest BCUT2D eigenvalue weighted by molar-refractivity contribution is 0.184. The molecule has 20 heavy (non-hydrogen) atoms. The Kier molecular flexibility index (Phi) is 3.27. The van der Waals surface area contributed by atoms with Crippen molar-refractivity contribution in [3.8, 4) is 5.75 Å². The van der Waals surface area contributed by atoms with Gasteiger partial charge in [0.25, 0.3) is 0 Å². The number of rotatable bonds is 3. The molecule has 1 aromatic carbocycles. The standard InChI is InChI=1S/C14H21N5O/c1-18(2)7-10-4-9-5-11(12(15)6-13(9)20-10)14-16-8-17-19(14)3/h5-6,8,10,14H,4,7,15H2,1-3H3,(H,16,17). The molecule has 0 saturated carbocycles. The van der Waals surface area contributed by atoms with E-state index in [4.69, 9.17) is 10.5 Å². The number of hydrogen-bond donors (Lipinski definition) is 2. The number of hydrogen-bond acceptors (Lipinski definition) is 6. The number of nitrogen functional groups attached to an aromatic ring is 1. The second kappa shape index (κ2) is 4.96. The van der Waals surface area contributed by atoms with Gasteiger partial charge in [0.05, 0.1) is 6.34 Å². The first-order valence-electron chi connectivity index (χ1n) is 6.79. The van der Waals surface area contributed by atoms with Crippen molar-refractivity contribution in [2.75, 3.05) is 33.4 Å². The van der Waals surface area contributed by atoms with E-state index in [0.29, 0.717) is 0 Å². The van der Waals surface area contributed by atoms with Crippen molar-refractivity contribution in [2.45, 2.75) is 18.7 Å². The molecule has 0 bridgehead atoms. The summed E-state index contributed by atoms with van der Waals surface area (Å²) in [6.45, 7) is 0.910. The number of nitrogens with one attached hydrogen (secondary N) is 1. The molecule has 0 spiro atoms. The first-order valence-corrected chi connectivity index (χ1v) is 6.79. The number of nitrogens with two attached hydrogens (primary N) is 1. The highest BCUT2D eigenvalue weighted by Crippen LogP contribution is 2.37. The molecular formula is C14H21N5O. The number of ether oxygens (including phenoxy) is 1. The molecular weight excluding hydrogens is 254 g/mol. The topological polar surface area (TPSA) is 66.1 Å². The zero-order valence-electron chi connectivity index (χ0n) is 12.1. The smallest absolute Gasteiger partial charge is 0.147 e. The number of aliphatic imine (C=N–C) groups is 1. The Hall–Kier alpha value is -1.79. The van der Waals surface area contributed by atoms with Crippen LogP contribution in [0.25, 0.3) is 0 Å². The van der Waals surface area contributed by atoms with Crippen LogP contribution >= 0.6 is 0 Å². The van der Waals surface area contributed by atoms with Gasteiger partial charge >= 0.3 is 0 Å². The predicted molar refractivity (Wildman–Crippen MR) is 79.7 cm³/mol. The van der Waals surface area contributed by atoms with Crippen molar-refractivity contribution < 1.29 is 4.74 Å². The van der Waals surface area contributed by atoms with E-state index in [1.54, 1.807) is 6.34 Å². The molecule has 108 valence electrons. The molecule has 0 aromatic heterocycles. The molecule has 2 aliphatic heterocycles. The number of hydrazine groups is 1. The second-order valence-electron chi connectivity index (χ2n) is 5.69. The molecule has 0 aliphatic carbocycles. The minimum absolute atomic E-state index is 0.0619. The van der Waals surface area contributed by atoms with Crippen LogP contribution in [0.4, 0.5) is 5.69 Å². The second-order valence-corrected chi connectivity index (χ2v) is 5.69. The van der Waals surface area contributed by atoms with Crippen LogP contribution in [0.5, 0.6) is 5.75 Å². The van der Waals surface area contributed by atoms with Crippen LogP contribution in [0, 0.1) is 0 Å². The fourth-order valence-electron chi connectivity index (χ4n) is 2.78. The molecule has 0 saturated heterocycles. The number of benzene rings is 1. The Morgan fingerprint density at radius 1 is 1.50 bits per heavy atom. The van der Waals surface area contributed by atoms with Crippen molar-refractivity contribution in [3.63, 3.8) is 0 Å². The third-order valence-corrected chi connectivity index (χ3v) is 3.70. The lowest BCUT2D eigenvalue weighted by Gasteiger charge is -2.20. The SMILES string of the molecule is CN(C)CC1Cc2cc(C3N=CNN3C)c(N)cc2O1. The molecule has 2 aliphatic rings. The van der Waals surface area contributed by atoms with Gasteiger partial charge in [-0.05, 0) is 25.7 Å². The van der Waals surface area contributed by atoms with Crippen molar-refractivity contribution in [1.82, 2.24) is 15.3 Å². The molecule has 6 heteroatoms. The van der Waals surface area contributed by atoms with E-state index in [9.17, 15) is 0 Å². The Labute approximate surface area is 119 Å². The summed E-state index contributed by atoms with van der Waals surface area (Å²) in [6.07, 6.45) is 2.77. The predicted octanol–water partition coefficient (Wildman–Crippen LogP) is 0.611. The zero-order valence-corrected chi connectivity index (χ0v) is 12.1. The summed E-state index contributed by atoms with van der Waals surface area (Å²) in [5.74, 6) is 0.913. The Balaban J connectivity index is 1.85. The van der Waals surface area contributed by atoms with Gasteiger partial charge in [-0.15, -0.1) is 0 Å². The van der Waals surface area contributed by atoms with Crippen LogP contribution in [0.15, 0.2) is 17.1 Å². The summed E-state index contributed by atoms with van der Waals surface area (Å²) in [5, 5.41) is 1.94. The molecule has 3 rings (SSSR count). The maximum absolute atomic E-state index is 6.16. The summed E-state index contributed by atoms with van der Waals surface area (Å²) in [5.41, 5.74) is 12.2. The first-order chi connectivity index (χ1) is 9.54. The van der Waals surface area contributed by atoms with E-state index >= 15 is 0 Å².